The molecular weight excluding hydrogens is 227 g/mol. The van der Waals surface area contributed by atoms with Gasteiger partial charge in [0.15, 0.2) is 0 Å². The number of nitrogens with two attached hydrogens (primary N) is 1. The summed E-state index contributed by atoms with van der Waals surface area (Å²) < 4.78 is 13.2. The van der Waals surface area contributed by atoms with Crippen LogP contribution in [-0.4, -0.2) is 4.98 Å². The molecule has 0 aliphatic heterocycles. The Balaban J connectivity index is 2.25. The smallest absolute Gasteiger partial charge is 0.132 e. The predicted molar refractivity (Wildman–Crippen MR) is 71.5 cm³/mol. The second-order valence-corrected chi connectivity index (χ2v) is 4.12. The Morgan fingerprint density at radius 3 is 2.50 bits per heavy atom. The van der Waals surface area contributed by atoms with Gasteiger partial charge in [-0.25, -0.2) is 9.37 Å². The normalized spacial score (nSPS) is 10.7. The standard InChI is InChI=1S/C15H11FN2/c16-12-7-6-11-8-14(10-4-2-1-3-5-10)18-15(17)13(11)9-12/h1-9H,(H2,17,18). The van der Waals surface area contributed by atoms with Crippen molar-refractivity contribution in [1.82, 2.24) is 4.98 Å². The van der Waals surface area contributed by atoms with Crippen molar-refractivity contribution >= 4 is 16.6 Å². The Kier molecular flexibility index (Phi) is 2.45. The maximum Gasteiger partial charge on any atom is 0.132 e. The Bertz CT molecular complexity index is 708. The van der Waals surface area contributed by atoms with Gasteiger partial charge in [0.05, 0.1) is 5.69 Å². The molecule has 3 heteroatoms. The second-order valence-electron chi connectivity index (χ2n) is 4.12. The highest BCUT2D eigenvalue weighted by Gasteiger charge is 2.06. The van der Waals surface area contributed by atoms with Crippen LogP contribution in [0.15, 0.2) is 54.6 Å². The predicted octanol–water partition coefficient (Wildman–Crippen LogP) is 3.62. The Labute approximate surface area is 104 Å². The van der Waals surface area contributed by atoms with Crippen molar-refractivity contribution in [2.24, 2.45) is 0 Å². The molecule has 2 nitrogen and oxygen atoms in total. The highest BCUT2D eigenvalue weighted by molar-refractivity contribution is 5.93. The molecule has 1 aromatic heterocycles. The van der Waals surface area contributed by atoms with Crippen molar-refractivity contribution in [1.29, 1.82) is 0 Å². The van der Waals surface area contributed by atoms with Gasteiger partial charge < -0.3 is 5.73 Å². The summed E-state index contributed by atoms with van der Waals surface area (Å²) in [6, 6.07) is 16.3. The van der Waals surface area contributed by atoms with Crippen molar-refractivity contribution in [3.63, 3.8) is 0 Å². The number of rotatable bonds is 1. The van der Waals surface area contributed by atoms with Crippen LogP contribution >= 0.6 is 0 Å². The van der Waals surface area contributed by atoms with Crippen LogP contribution in [0.2, 0.25) is 0 Å². The highest BCUT2D eigenvalue weighted by atomic mass is 19.1. The minimum atomic E-state index is -0.302. The number of nitrogen functional groups attached to an aromatic ring is 1. The Morgan fingerprint density at radius 2 is 1.72 bits per heavy atom. The van der Waals surface area contributed by atoms with Gasteiger partial charge in [0.2, 0.25) is 0 Å². The maximum atomic E-state index is 13.2. The molecule has 0 atom stereocenters. The van der Waals surface area contributed by atoms with E-state index in [4.69, 9.17) is 5.73 Å². The number of aromatic nitrogens is 1. The van der Waals surface area contributed by atoms with E-state index >= 15 is 0 Å². The van der Waals surface area contributed by atoms with Crippen molar-refractivity contribution in [3.05, 3.63) is 60.4 Å². The average Bonchev–Trinajstić information content (AvgIpc) is 2.40. The van der Waals surface area contributed by atoms with E-state index in [1.165, 1.54) is 12.1 Å². The number of hydrogen-bond donors (Lipinski definition) is 1. The van der Waals surface area contributed by atoms with E-state index in [1.807, 2.05) is 36.4 Å². The molecule has 3 rings (SSSR count). The van der Waals surface area contributed by atoms with E-state index in [0.717, 1.165) is 16.6 Å². The molecule has 2 aromatic carbocycles. The third-order valence-electron chi connectivity index (χ3n) is 2.89. The lowest BCUT2D eigenvalue weighted by molar-refractivity contribution is 0.630. The van der Waals surface area contributed by atoms with Gasteiger partial charge in [-0.2, -0.15) is 0 Å². The minimum absolute atomic E-state index is 0.302. The summed E-state index contributed by atoms with van der Waals surface area (Å²) in [7, 11) is 0. The molecule has 0 spiro atoms. The molecule has 88 valence electrons. The molecule has 0 saturated heterocycles. The molecule has 1 heterocycles. The molecular formula is C15H11FN2. The van der Waals surface area contributed by atoms with Gasteiger partial charge in [0.1, 0.15) is 11.6 Å². The number of hydrogen-bond acceptors (Lipinski definition) is 2. The van der Waals surface area contributed by atoms with Crippen molar-refractivity contribution in [2.75, 3.05) is 5.73 Å². The molecule has 3 aromatic rings. The summed E-state index contributed by atoms with van der Waals surface area (Å²) in [6.45, 7) is 0. The summed E-state index contributed by atoms with van der Waals surface area (Å²) in [5, 5.41) is 1.54. The molecule has 0 fully saturated rings. The zero-order valence-electron chi connectivity index (χ0n) is 9.60. The average molecular weight is 238 g/mol. The fraction of sp³-hybridized carbons (Fsp3) is 0. The summed E-state index contributed by atoms with van der Waals surface area (Å²) in [5.41, 5.74) is 7.68. The fourth-order valence-electron chi connectivity index (χ4n) is 2.00. The van der Waals surface area contributed by atoms with E-state index in [2.05, 4.69) is 4.98 Å². The summed E-state index contributed by atoms with van der Waals surface area (Å²) >= 11 is 0. The largest absolute Gasteiger partial charge is 0.383 e. The number of pyridine rings is 1. The van der Waals surface area contributed by atoms with Gasteiger partial charge in [-0.05, 0) is 23.6 Å². The molecule has 2 N–H and O–H groups in total. The zero-order valence-corrected chi connectivity index (χ0v) is 9.60. The van der Waals surface area contributed by atoms with Gasteiger partial charge in [-0.3, -0.25) is 0 Å². The number of anilines is 1. The Morgan fingerprint density at radius 1 is 0.944 bits per heavy atom. The first-order chi connectivity index (χ1) is 8.74. The van der Waals surface area contributed by atoms with Crippen molar-refractivity contribution in [2.45, 2.75) is 0 Å². The van der Waals surface area contributed by atoms with Crippen LogP contribution in [0.4, 0.5) is 10.2 Å². The molecule has 18 heavy (non-hydrogen) atoms. The molecule has 0 aliphatic carbocycles. The maximum absolute atomic E-state index is 13.2. The molecule has 0 unspecified atom stereocenters. The summed E-state index contributed by atoms with van der Waals surface area (Å²) in [5.74, 6) is 0.0503. The molecule has 0 saturated carbocycles. The summed E-state index contributed by atoms with van der Waals surface area (Å²) in [6.07, 6.45) is 0. The monoisotopic (exact) mass is 238 g/mol. The number of halogens is 1. The highest BCUT2D eigenvalue weighted by Crippen LogP contribution is 2.26. The van der Waals surface area contributed by atoms with E-state index < -0.39 is 0 Å². The number of fused-ring (bicyclic) bond motifs is 1. The molecule has 0 aliphatic rings. The van der Waals surface area contributed by atoms with Crippen LogP contribution in [0.1, 0.15) is 0 Å². The first kappa shape index (κ1) is 10.7. The molecule has 0 amide bonds. The van der Waals surface area contributed by atoms with Gasteiger partial charge >= 0.3 is 0 Å². The van der Waals surface area contributed by atoms with Gasteiger partial charge in [0.25, 0.3) is 0 Å². The van der Waals surface area contributed by atoms with Crippen molar-refractivity contribution < 1.29 is 4.39 Å². The van der Waals surface area contributed by atoms with Gasteiger partial charge in [-0.1, -0.05) is 36.4 Å². The first-order valence-corrected chi connectivity index (χ1v) is 5.65. The fourth-order valence-corrected chi connectivity index (χ4v) is 2.00. The van der Waals surface area contributed by atoms with Crippen molar-refractivity contribution in [3.8, 4) is 11.3 Å². The lowest BCUT2D eigenvalue weighted by Crippen LogP contribution is -1.94. The van der Waals surface area contributed by atoms with Gasteiger partial charge in [-0.15, -0.1) is 0 Å². The topological polar surface area (TPSA) is 38.9 Å². The third-order valence-corrected chi connectivity index (χ3v) is 2.89. The van der Waals surface area contributed by atoms with E-state index in [1.54, 1.807) is 6.07 Å². The molecule has 0 radical (unpaired) electrons. The van der Waals surface area contributed by atoms with Crippen LogP contribution in [-0.2, 0) is 0 Å². The number of nitrogens with zero attached hydrogens (tertiary/aromatic N) is 1. The van der Waals surface area contributed by atoms with E-state index in [9.17, 15) is 4.39 Å². The first-order valence-electron chi connectivity index (χ1n) is 5.65. The summed E-state index contributed by atoms with van der Waals surface area (Å²) in [4.78, 5) is 4.32. The van der Waals surface area contributed by atoms with Crippen LogP contribution in [0, 0.1) is 5.82 Å². The number of benzene rings is 2. The lowest BCUT2D eigenvalue weighted by Gasteiger charge is -2.06. The third kappa shape index (κ3) is 1.80. The molecule has 0 bridgehead atoms. The van der Waals surface area contributed by atoms with Crippen LogP contribution in [0.5, 0.6) is 0 Å². The minimum Gasteiger partial charge on any atom is -0.383 e. The van der Waals surface area contributed by atoms with Crippen LogP contribution in [0.25, 0.3) is 22.0 Å². The van der Waals surface area contributed by atoms with Crippen LogP contribution in [0.3, 0.4) is 0 Å². The van der Waals surface area contributed by atoms with Gasteiger partial charge in [0, 0.05) is 10.9 Å². The quantitative estimate of drug-likeness (QED) is 0.703. The lowest BCUT2D eigenvalue weighted by atomic mass is 10.1. The second kappa shape index (κ2) is 4.11. The zero-order chi connectivity index (χ0) is 12.5. The van der Waals surface area contributed by atoms with E-state index in [-0.39, 0.29) is 5.82 Å². The van der Waals surface area contributed by atoms with E-state index in [0.29, 0.717) is 11.2 Å². The SMILES string of the molecule is Nc1nc(-c2ccccc2)cc2ccc(F)cc12. The Hall–Kier alpha value is -2.42. The van der Waals surface area contributed by atoms with Crippen LogP contribution < -0.4 is 5.73 Å².